The lowest BCUT2D eigenvalue weighted by molar-refractivity contribution is -0.181. The highest BCUT2D eigenvalue weighted by Gasteiger charge is 2.51. The average Bonchev–Trinajstić information content (AvgIpc) is 2.25. The Morgan fingerprint density at radius 2 is 1.50 bits per heavy atom. The molecule has 0 amide bonds. The van der Waals surface area contributed by atoms with Crippen molar-refractivity contribution < 1.29 is 19.4 Å². The van der Waals surface area contributed by atoms with Crippen LogP contribution >= 0.6 is 0 Å². The van der Waals surface area contributed by atoms with Gasteiger partial charge in [0.2, 0.25) is 0 Å². The lowest BCUT2D eigenvalue weighted by atomic mass is 9.77. The van der Waals surface area contributed by atoms with E-state index in [0.29, 0.717) is 25.9 Å². The van der Waals surface area contributed by atoms with Gasteiger partial charge in [-0.2, -0.15) is 0 Å². The quantitative estimate of drug-likeness (QED) is 0.623. The first-order valence-electron chi connectivity index (χ1n) is 7.10. The lowest BCUT2D eigenvalue weighted by Gasteiger charge is -2.44. The fourth-order valence-corrected chi connectivity index (χ4v) is 2.44. The van der Waals surface area contributed by atoms with E-state index in [1.54, 1.807) is 20.8 Å². The van der Waals surface area contributed by atoms with Crippen molar-refractivity contribution in [3.63, 3.8) is 0 Å². The number of hydrogen-bond acceptors (Lipinski definition) is 4. The number of likely N-dealkylation sites (tertiary alicyclic amines) is 1. The molecule has 0 bridgehead atoms. The van der Waals surface area contributed by atoms with Gasteiger partial charge in [-0.15, -0.1) is 0 Å². The predicted octanol–water partition coefficient (Wildman–Crippen LogP) is 2.29. The lowest BCUT2D eigenvalue weighted by Crippen LogP contribution is -2.54. The summed E-state index contributed by atoms with van der Waals surface area (Å²) in [6.07, 6.45) is 0.600. The van der Waals surface area contributed by atoms with E-state index < -0.39 is 23.0 Å². The second-order valence-corrected chi connectivity index (χ2v) is 7.55. The Balaban J connectivity index is 2.88. The molecule has 1 N–H and O–H groups in total. The summed E-state index contributed by atoms with van der Waals surface area (Å²) in [5.74, 6) is -1.67. The first kappa shape index (κ1) is 17.0. The molecule has 1 fully saturated rings. The Labute approximate surface area is 121 Å². The van der Waals surface area contributed by atoms with E-state index in [4.69, 9.17) is 4.74 Å². The number of carbonyl (C=O) groups excluding carboxylic acids is 1. The number of carboxylic acid groups (broad SMARTS) is 1. The zero-order chi connectivity index (χ0) is 15.8. The van der Waals surface area contributed by atoms with Crippen LogP contribution in [-0.4, -0.2) is 46.2 Å². The molecule has 1 heterocycles. The van der Waals surface area contributed by atoms with Crippen molar-refractivity contribution in [3.05, 3.63) is 0 Å². The van der Waals surface area contributed by atoms with Gasteiger partial charge < -0.3 is 9.84 Å². The van der Waals surface area contributed by atoms with E-state index in [1.807, 2.05) is 0 Å². The normalized spacial score (nSPS) is 20.5. The smallest absolute Gasteiger partial charge is 0.324 e. The Bertz CT molecular complexity index is 382. The van der Waals surface area contributed by atoms with E-state index in [2.05, 4.69) is 25.7 Å². The summed E-state index contributed by atoms with van der Waals surface area (Å²) >= 11 is 0. The first-order valence-corrected chi connectivity index (χ1v) is 7.10. The van der Waals surface area contributed by atoms with Gasteiger partial charge in [0.15, 0.2) is 5.41 Å². The molecule has 0 atom stereocenters. The van der Waals surface area contributed by atoms with Crippen LogP contribution in [0.15, 0.2) is 0 Å². The minimum atomic E-state index is -1.39. The average molecular weight is 285 g/mol. The molecule has 116 valence electrons. The molecule has 1 aliphatic rings. The second-order valence-electron chi connectivity index (χ2n) is 7.55. The van der Waals surface area contributed by atoms with Crippen molar-refractivity contribution in [2.75, 3.05) is 13.1 Å². The van der Waals surface area contributed by atoms with E-state index in [9.17, 15) is 14.7 Å². The zero-order valence-corrected chi connectivity index (χ0v) is 13.4. The van der Waals surface area contributed by atoms with Crippen molar-refractivity contribution in [3.8, 4) is 0 Å². The Morgan fingerprint density at radius 3 is 1.80 bits per heavy atom. The molecule has 0 saturated carbocycles. The summed E-state index contributed by atoms with van der Waals surface area (Å²) in [4.78, 5) is 26.2. The zero-order valence-electron chi connectivity index (χ0n) is 13.4. The van der Waals surface area contributed by atoms with Gasteiger partial charge in [-0.3, -0.25) is 14.5 Å². The molecular formula is C15H27NO4. The third kappa shape index (κ3) is 3.72. The van der Waals surface area contributed by atoms with Gasteiger partial charge in [-0.25, -0.2) is 0 Å². The van der Waals surface area contributed by atoms with Crippen molar-refractivity contribution in [1.82, 2.24) is 4.90 Å². The van der Waals surface area contributed by atoms with Crippen LogP contribution < -0.4 is 0 Å². The maximum Gasteiger partial charge on any atom is 0.324 e. The van der Waals surface area contributed by atoms with Crippen molar-refractivity contribution in [2.24, 2.45) is 5.41 Å². The number of rotatable bonds is 2. The maximum atomic E-state index is 12.3. The summed E-state index contributed by atoms with van der Waals surface area (Å²) in [5.41, 5.74) is -2.08. The standard InChI is InChI=1S/C15H27NO4/c1-13(2,3)16-9-7-15(8-10-16,11(17)18)12(19)20-14(4,5)6/h7-10H2,1-6H3,(H,17,18). The third-order valence-corrected chi connectivity index (χ3v) is 3.76. The van der Waals surface area contributed by atoms with Gasteiger partial charge in [0.1, 0.15) is 5.60 Å². The van der Waals surface area contributed by atoms with Gasteiger partial charge >= 0.3 is 11.9 Å². The maximum absolute atomic E-state index is 12.3. The molecule has 0 unspecified atom stereocenters. The summed E-state index contributed by atoms with van der Waals surface area (Å²) < 4.78 is 5.32. The monoisotopic (exact) mass is 285 g/mol. The third-order valence-electron chi connectivity index (χ3n) is 3.76. The molecule has 1 rings (SSSR count). The molecule has 5 nitrogen and oxygen atoms in total. The van der Waals surface area contributed by atoms with Crippen LogP contribution in [0.1, 0.15) is 54.4 Å². The molecule has 1 saturated heterocycles. The minimum absolute atomic E-state index is 0.0153. The molecule has 0 radical (unpaired) electrons. The van der Waals surface area contributed by atoms with Crippen molar-refractivity contribution in [2.45, 2.75) is 65.5 Å². The highest BCUT2D eigenvalue weighted by molar-refractivity contribution is 5.99. The van der Waals surface area contributed by atoms with Gasteiger partial charge in [0.05, 0.1) is 0 Å². The predicted molar refractivity (Wildman–Crippen MR) is 76.5 cm³/mol. The largest absolute Gasteiger partial charge is 0.480 e. The molecule has 0 aliphatic carbocycles. The van der Waals surface area contributed by atoms with E-state index in [-0.39, 0.29) is 5.54 Å². The topological polar surface area (TPSA) is 66.8 Å². The molecule has 0 aromatic rings. The number of carbonyl (C=O) groups is 2. The summed E-state index contributed by atoms with van der Waals surface area (Å²) in [6.45, 7) is 12.7. The van der Waals surface area contributed by atoms with Crippen LogP contribution in [0, 0.1) is 5.41 Å². The minimum Gasteiger partial charge on any atom is -0.480 e. The molecule has 1 aliphatic heterocycles. The Morgan fingerprint density at radius 1 is 1.05 bits per heavy atom. The summed E-state index contributed by atoms with van der Waals surface area (Å²) in [6, 6.07) is 0. The van der Waals surface area contributed by atoms with Gasteiger partial charge in [-0.05, 0) is 54.4 Å². The van der Waals surface area contributed by atoms with Crippen molar-refractivity contribution >= 4 is 11.9 Å². The Kier molecular flexibility index (Phi) is 4.54. The SMILES string of the molecule is CC(C)(C)OC(=O)C1(C(=O)O)CCN(C(C)(C)C)CC1. The van der Waals surface area contributed by atoms with Crippen LogP contribution in [0.3, 0.4) is 0 Å². The number of piperidine rings is 1. The van der Waals surface area contributed by atoms with Crippen LogP contribution in [0.4, 0.5) is 0 Å². The van der Waals surface area contributed by atoms with E-state index in [0.717, 1.165) is 0 Å². The fourth-order valence-electron chi connectivity index (χ4n) is 2.44. The molecular weight excluding hydrogens is 258 g/mol. The fraction of sp³-hybridized carbons (Fsp3) is 0.867. The molecule has 20 heavy (non-hydrogen) atoms. The van der Waals surface area contributed by atoms with Crippen LogP contribution in [0.5, 0.6) is 0 Å². The van der Waals surface area contributed by atoms with Crippen LogP contribution in [0.25, 0.3) is 0 Å². The van der Waals surface area contributed by atoms with E-state index in [1.165, 1.54) is 0 Å². The number of hydrogen-bond donors (Lipinski definition) is 1. The number of aliphatic carboxylic acids is 1. The Hall–Kier alpha value is -1.10. The summed E-state index contributed by atoms with van der Waals surface area (Å²) in [5, 5.41) is 9.53. The molecule has 5 heteroatoms. The molecule has 0 aromatic heterocycles. The highest BCUT2D eigenvalue weighted by Crippen LogP contribution is 2.36. The van der Waals surface area contributed by atoms with Crippen LogP contribution in [0.2, 0.25) is 0 Å². The number of ether oxygens (including phenoxy) is 1. The van der Waals surface area contributed by atoms with Gasteiger partial charge in [-0.1, -0.05) is 0 Å². The number of carboxylic acids is 1. The molecule has 0 aromatic carbocycles. The van der Waals surface area contributed by atoms with Gasteiger partial charge in [0, 0.05) is 18.6 Å². The van der Waals surface area contributed by atoms with Gasteiger partial charge in [0.25, 0.3) is 0 Å². The van der Waals surface area contributed by atoms with E-state index >= 15 is 0 Å². The highest BCUT2D eigenvalue weighted by atomic mass is 16.6. The van der Waals surface area contributed by atoms with Crippen LogP contribution in [-0.2, 0) is 14.3 Å². The molecule has 0 spiro atoms. The summed E-state index contributed by atoms with van der Waals surface area (Å²) in [7, 11) is 0. The number of esters is 1. The number of nitrogens with zero attached hydrogens (tertiary/aromatic N) is 1. The second kappa shape index (κ2) is 5.35. The van der Waals surface area contributed by atoms with Crippen molar-refractivity contribution in [1.29, 1.82) is 0 Å². The first-order chi connectivity index (χ1) is 8.88.